The zero-order chi connectivity index (χ0) is 24.5. The number of nitrogens with one attached hydrogen (secondary N) is 4. The van der Waals surface area contributed by atoms with Crippen molar-refractivity contribution in [2.24, 2.45) is 11.8 Å². The molecule has 182 valence electrons. The molecule has 0 aliphatic carbocycles. The molecule has 2 rings (SSSR count). The standard InChI is InChI=1S/C25H38N4O4/c1-7-16(4)22-25(32)28-20(12-15(2)3)23(30)27-11-10-17-8-9-21(33-6)18(13-17)14-19(26-5)24(31)29-22/h8-11,13,15-16,19-20,22,26H,7,12,14H2,1-6H3,(H,27,30)(H,28,32)(H,29,31)/t16-,19-,20+,22-/m0/s1. The van der Waals surface area contributed by atoms with E-state index in [1.54, 1.807) is 26.4 Å². The van der Waals surface area contributed by atoms with Gasteiger partial charge in [-0.05, 0) is 54.6 Å². The molecule has 4 N–H and O–H groups in total. The molecule has 0 unspecified atom stereocenters. The van der Waals surface area contributed by atoms with E-state index in [2.05, 4.69) is 21.3 Å². The van der Waals surface area contributed by atoms with Gasteiger partial charge in [-0.3, -0.25) is 14.4 Å². The summed E-state index contributed by atoms with van der Waals surface area (Å²) in [4.78, 5) is 39.3. The van der Waals surface area contributed by atoms with Gasteiger partial charge < -0.3 is 26.0 Å². The number of ether oxygens (including phenoxy) is 1. The third-order valence-electron chi connectivity index (χ3n) is 6.03. The van der Waals surface area contributed by atoms with Gasteiger partial charge in [-0.25, -0.2) is 0 Å². The minimum atomic E-state index is -0.755. The summed E-state index contributed by atoms with van der Waals surface area (Å²) >= 11 is 0. The fraction of sp³-hybridized carbons (Fsp3) is 0.560. The predicted molar refractivity (Wildman–Crippen MR) is 129 cm³/mol. The van der Waals surface area contributed by atoms with E-state index < -0.39 is 18.1 Å². The maximum absolute atomic E-state index is 13.2. The maximum Gasteiger partial charge on any atom is 0.246 e. The molecule has 1 aliphatic rings. The van der Waals surface area contributed by atoms with Crippen LogP contribution in [-0.4, -0.2) is 50.0 Å². The third kappa shape index (κ3) is 7.32. The Morgan fingerprint density at radius 1 is 1.09 bits per heavy atom. The van der Waals surface area contributed by atoms with Crippen LogP contribution < -0.4 is 26.0 Å². The molecular weight excluding hydrogens is 420 g/mol. The summed E-state index contributed by atoms with van der Waals surface area (Å²) in [6.45, 7) is 7.87. The first-order chi connectivity index (χ1) is 15.7. The Hall–Kier alpha value is -2.87. The molecule has 3 amide bonds. The SMILES string of the molecule is CC[C@H](C)[C@@H]1NC(=O)[C@@H](NC)Cc2cc(ccc2OC)C=CNC(=O)[C@@H](CC(C)C)NC1=O. The zero-order valence-corrected chi connectivity index (χ0v) is 20.5. The van der Waals surface area contributed by atoms with Crippen molar-refractivity contribution in [3.63, 3.8) is 0 Å². The van der Waals surface area contributed by atoms with Crippen molar-refractivity contribution >= 4 is 23.8 Å². The van der Waals surface area contributed by atoms with Crippen LogP contribution in [0.1, 0.15) is 51.7 Å². The minimum Gasteiger partial charge on any atom is -0.496 e. The fourth-order valence-electron chi connectivity index (χ4n) is 3.85. The van der Waals surface area contributed by atoms with Gasteiger partial charge in [-0.1, -0.05) is 40.2 Å². The summed E-state index contributed by atoms with van der Waals surface area (Å²) in [5.41, 5.74) is 1.70. The van der Waals surface area contributed by atoms with Crippen LogP contribution in [0.25, 0.3) is 6.08 Å². The molecule has 1 heterocycles. The van der Waals surface area contributed by atoms with Crippen LogP contribution in [0, 0.1) is 11.8 Å². The monoisotopic (exact) mass is 458 g/mol. The van der Waals surface area contributed by atoms with E-state index in [9.17, 15) is 14.4 Å². The number of rotatable bonds is 6. The Morgan fingerprint density at radius 3 is 2.42 bits per heavy atom. The summed E-state index contributed by atoms with van der Waals surface area (Å²) in [5.74, 6) is -0.170. The van der Waals surface area contributed by atoms with Gasteiger partial charge in [0.25, 0.3) is 0 Å². The van der Waals surface area contributed by atoms with Crippen molar-refractivity contribution in [1.29, 1.82) is 0 Å². The van der Waals surface area contributed by atoms with Crippen LogP contribution in [-0.2, 0) is 20.8 Å². The highest BCUT2D eigenvalue weighted by molar-refractivity contribution is 5.93. The fourth-order valence-corrected chi connectivity index (χ4v) is 3.85. The molecule has 8 nitrogen and oxygen atoms in total. The molecule has 0 radical (unpaired) electrons. The predicted octanol–water partition coefficient (Wildman–Crippen LogP) is 1.99. The minimum absolute atomic E-state index is 0.109. The quantitative estimate of drug-likeness (QED) is 0.521. The Kier molecular flexibility index (Phi) is 9.91. The Morgan fingerprint density at radius 2 is 1.82 bits per heavy atom. The van der Waals surface area contributed by atoms with Crippen LogP contribution in [0.5, 0.6) is 5.75 Å². The van der Waals surface area contributed by atoms with E-state index in [4.69, 9.17) is 4.74 Å². The van der Waals surface area contributed by atoms with E-state index in [-0.39, 0.29) is 29.6 Å². The van der Waals surface area contributed by atoms with Crippen molar-refractivity contribution in [1.82, 2.24) is 21.3 Å². The van der Waals surface area contributed by atoms with Gasteiger partial charge in [-0.15, -0.1) is 0 Å². The number of likely N-dealkylation sites (N-methyl/N-ethyl adjacent to an activating group) is 1. The molecule has 0 fully saturated rings. The second-order valence-electron chi connectivity index (χ2n) is 9.02. The van der Waals surface area contributed by atoms with Gasteiger partial charge >= 0.3 is 0 Å². The molecule has 0 aromatic heterocycles. The lowest BCUT2D eigenvalue weighted by Crippen LogP contribution is -2.58. The molecule has 0 spiro atoms. The molecular formula is C25H38N4O4. The lowest BCUT2D eigenvalue weighted by molar-refractivity contribution is -0.133. The second-order valence-corrected chi connectivity index (χ2v) is 9.02. The van der Waals surface area contributed by atoms with Crippen LogP contribution in [0.15, 0.2) is 24.4 Å². The van der Waals surface area contributed by atoms with Crippen molar-refractivity contribution in [2.75, 3.05) is 14.2 Å². The van der Waals surface area contributed by atoms with Gasteiger partial charge in [0, 0.05) is 12.6 Å². The van der Waals surface area contributed by atoms with Gasteiger partial charge in [-0.2, -0.15) is 0 Å². The molecule has 0 saturated carbocycles. The van der Waals surface area contributed by atoms with Crippen LogP contribution in [0.4, 0.5) is 0 Å². The first-order valence-corrected chi connectivity index (χ1v) is 11.6. The van der Waals surface area contributed by atoms with E-state index in [1.165, 1.54) is 0 Å². The number of amides is 3. The van der Waals surface area contributed by atoms with Crippen molar-refractivity contribution in [3.05, 3.63) is 35.5 Å². The summed E-state index contributed by atoms with van der Waals surface area (Å²) < 4.78 is 5.49. The topological polar surface area (TPSA) is 109 Å². The molecule has 0 saturated heterocycles. The van der Waals surface area contributed by atoms with Gasteiger partial charge in [0.2, 0.25) is 17.7 Å². The van der Waals surface area contributed by atoms with E-state index in [0.29, 0.717) is 25.0 Å². The highest BCUT2D eigenvalue weighted by atomic mass is 16.5. The van der Waals surface area contributed by atoms with E-state index >= 15 is 0 Å². The van der Waals surface area contributed by atoms with Gasteiger partial charge in [0.15, 0.2) is 0 Å². The summed E-state index contributed by atoms with van der Waals surface area (Å²) in [7, 11) is 3.30. The molecule has 2 bridgehead atoms. The Labute approximate surface area is 196 Å². The third-order valence-corrected chi connectivity index (χ3v) is 6.03. The number of carbonyl (C=O) groups is 3. The normalized spacial score (nSPS) is 23.1. The number of hydrogen-bond acceptors (Lipinski definition) is 5. The average Bonchev–Trinajstić information content (AvgIpc) is 2.79. The van der Waals surface area contributed by atoms with E-state index in [1.807, 2.05) is 45.9 Å². The van der Waals surface area contributed by atoms with E-state index in [0.717, 1.165) is 11.1 Å². The van der Waals surface area contributed by atoms with Gasteiger partial charge in [0.05, 0.1) is 13.2 Å². The second kappa shape index (κ2) is 12.4. The lowest BCUT2D eigenvalue weighted by Gasteiger charge is -2.28. The summed E-state index contributed by atoms with van der Waals surface area (Å²) in [5, 5.41) is 11.6. The number of hydrogen-bond donors (Lipinski definition) is 4. The van der Waals surface area contributed by atoms with Crippen LogP contribution >= 0.6 is 0 Å². The maximum atomic E-state index is 13.2. The molecule has 1 aromatic rings. The van der Waals surface area contributed by atoms with Crippen LogP contribution in [0.2, 0.25) is 0 Å². The number of carbonyl (C=O) groups excluding carboxylic acids is 3. The van der Waals surface area contributed by atoms with Gasteiger partial charge in [0.1, 0.15) is 17.8 Å². The smallest absolute Gasteiger partial charge is 0.246 e. The highest BCUT2D eigenvalue weighted by Crippen LogP contribution is 2.23. The Balaban J connectivity index is 2.49. The molecule has 1 aliphatic heterocycles. The zero-order valence-electron chi connectivity index (χ0n) is 20.5. The Bertz CT molecular complexity index is 868. The largest absolute Gasteiger partial charge is 0.496 e. The molecule has 8 heteroatoms. The van der Waals surface area contributed by atoms with Crippen molar-refractivity contribution in [2.45, 2.75) is 65.1 Å². The number of benzene rings is 1. The first-order valence-electron chi connectivity index (χ1n) is 11.6. The van der Waals surface area contributed by atoms with Crippen molar-refractivity contribution in [3.8, 4) is 5.75 Å². The number of methoxy groups -OCH3 is 1. The molecule has 4 atom stereocenters. The number of fused-ring (bicyclic) bond motifs is 2. The summed E-state index contributed by atoms with van der Waals surface area (Å²) in [6, 6.07) is 3.63. The van der Waals surface area contributed by atoms with Crippen molar-refractivity contribution < 1.29 is 19.1 Å². The first kappa shape index (κ1) is 26.4. The summed E-state index contributed by atoms with van der Waals surface area (Å²) in [6.07, 6.45) is 4.92. The van der Waals surface area contributed by atoms with Crippen LogP contribution in [0.3, 0.4) is 0 Å². The highest BCUT2D eigenvalue weighted by Gasteiger charge is 2.32. The molecule has 33 heavy (non-hydrogen) atoms. The lowest BCUT2D eigenvalue weighted by atomic mass is 9.95. The average molecular weight is 459 g/mol. The molecule has 1 aromatic carbocycles.